The number of carboxylic acids is 1. The normalized spacial score (nSPS) is 13.9. The zero-order valence-electron chi connectivity index (χ0n) is 11.1. The number of nitrogens with zero attached hydrogens (tertiary/aromatic N) is 2. The number of carboxylic acid groups (broad SMARTS) is 1. The third kappa shape index (κ3) is 2.55. The van der Waals surface area contributed by atoms with Crippen LogP contribution in [0.1, 0.15) is 11.3 Å². The molecule has 1 atom stereocenters. The maximum absolute atomic E-state index is 13.0. The van der Waals surface area contributed by atoms with Crippen LogP contribution in [0.2, 0.25) is 0 Å². The summed E-state index contributed by atoms with van der Waals surface area (Å²) in [7, 11) is 1.76. The van der Waals surface area contributed by atoms with Gasteiger partial charge in [0.05, 0.1) is 5.69 Å². The number of hydrogen-bond acceptors (Lipinski definition) is 3. The standard InChI is InChI=1S/C14H16FN3O2/c1-18-7-6-12(17-18)8-14(9-16,13(19)20)10-2-4-11(15)5-3-10/h2-7H,8-9,16H2,1H3,(H,19,20). The first-order chi connectivity index (χ1) is 9.48. The van der Waals surface area contributed by atoms with Gasteiger partial charge in [-0.1, -0.05) is 12.1 Å². The summed E-state index contributed by atoms with van der Waals surface area (Å²) in [5, 5.41) is 13.8. The fourth-order valence-electron chi connectivity index (χ4n) is 2.21. The molecule has 1 aromatic heterocycles. The summed E-state index contributed by atoms with van der Waals surface area (Å²) in [5.41, 5.74) is 5.52. The van der Waals surface area contributed by atoms with E-state index in [1.54, 1.807) is 24.0 Å². The summed E-state index contributed by atoms with van der Waals surface area (Å²) in [6.07, 6.45) is 1.90. The molecule has 3 N–H and O–H groups in total. The average molecular weight is 277 g/mol. The highest BCUT2D eigenvalue weighted by molar-refractivity contribution is 5.82. The van der Waals surface area contributed by atoms with E-state index < -0.39 is 17.2 Å². The number of aromatic nitrogens is 2. The van der Waals surface area contributed by atoms with Crippen molar-refractivity contribution in [2.45, 2.75) is 11.8 Å². The monoisotopic (exact) mass is 277 g/mol. The van der Waals surface area contributed by atoms with Crippen LogP contribution in [-0.4, -0.2) is 27.4 Å². The largest absolute Gasteiger partial charge is 0.481 e. The minimum absolute atomic E-state index is 0.0927. The molecule has 0 aliphatic heterocycles. The smallest absolute Gasteiger partial charge is 0.315 e. The molecule has 0 aliphatic rings. The number of aliphatic carboxylic acids is 1. The van der Waals surface area contributed by atoms with Gasteiger partial charge >= 0.3 is 5.97 Å². The van der Waals surface area contributed by atoms with Crippen molar-refractivity contribution in [2.75, 3.05) is 6.54 Å². The van der Waals surface area contributed by atoms with Gasteiger partial charge in [-0.15, -0.1) is 0 Å². The first-order valence-corrected chi connectivity index (χ1v) is 6.16. The van der Waals surface area contributed by atoms with E-state index in [9.17, 15) is 14.3 Å². The lowest BCUT2D eigenvalue weighted by Gasteiger charge is -2.27. The highest BCUT2D eigenvalue weighted by Crippen LogP contribution is 2.28. The Morgan fingerprint density at radius 1 is 1.40 bits per heavy atom. The molecule has 0 aliphatic carbocycles. The Morgan fingerprint density at radius 3 is 2.50 bits per heavy atom. The van der Waals surface area contributed by atoms with Gasteiger partial charge in [0.2, 0.25) is 0 Å². The van der Waals surface area contributed by atoms with Crippen LogP contribution in [0.3, 0.4) is 0 Å². The summed E-state index contributed by atoms with van der Waals surface area (Å²) in [6, 6.07) is 7.14. The summed E-state index contributed by atoms with van der Waals surface area (Å²) in [4.78, 5) is 11.7. The van der Waals surface area contributed by atoms with Gasteiger partial charge in [-0.2, -0.15) is 5.10 Å². The molecule has 0 fully saturated rings. The molecule has 0 saturated carbocycles. The number of nitrogens with two attached hydrogens (primary N) is 1. The highest BCUT2D eigenvalue weighted by atomic mass is 19.1. The Morgan fingerprint density at radius 2 is 2.05 bits per heavy atom. The van der Waals surface area contributed by atoms with Gasteiger partial charge in [-0.25, -0.2) is 4.39 Å². The van der Waals surface area contributed by atoms with Crippen molar-refractivity contribution in [3.63, 3.8) is 0 Å². The van der Waals surface area contributed by atoms with Gasteiger partial charge in [0, 0.05) is 26.2 Å². The Labute approximate surface area is 115 Å². The Hall–Kier alpha value is -2.21. The minimum atomic E-state index is -1.30. The summed E-state index contributed by atoms with van der Waals surface area (Å²) in [6.45, 7) is -0.0927. The van der Waals surface area contributed by atoms with Crippen molar-refractivity contribution in [1.29, 1.82) is 0 Å². The molecular weight excluding hydrogens is 261 g/mol. The van der Waals surface area contributed by atoms with Crippen molar-refractivity contribution in [3.05, 3.63) is 53.6 Å². The fraction of sp³-hybridized carbons (Fsp3) is 0.286. The predicted octanol–water partition coefficient (Wildman–Crippen LogP) is 1.08. The van der Waals surface area contributed by atoms with E-state index in [-0.39, 0.29) is 13.0 Å². The van der Waals surface area contributed by atoms with Crippen LogP contribution >= 0.6 is 0 Å². The summed E-state index contributed by atoms with van der Waals surface area (Å²) < 4.78 is 14.6. The van der Waals surface area contributed by atoms with E-state index in [2.05, 4.69) is 5.10 Å². The second kappa shape index (κ2) is 5.42. The lowest BCUT2D eigenvalue weighted by atomic mass is 9.76. The van der Waals surface area contributed by atoms with Gasteiger partial charge in [0.1, 0.15) is 11.2 Å². The third-order valence-corrected chi connectivity index (χ3v) is 3.41. The van der Waals surface area contributed by atoms with Gasteiger partial charge in [0.25, 0.3) is 0 Å². The second-order valence-electron chi connectivity index (χ2n) is 4.76. The van der Waals surface area contributed by atoms with Crippen molar-refractivity contribution in [1.82, 2.24) is 9.78 Å². The van der Waals surface area contributed by atoms with Crippen LogP contribution in [-0.2, 0) is 23.7 Å². The van der Waals surface area contributed by atoms with Crippen molar-refractivity contribution in [2.24, 2.45) is 12.8 Å². The zero-order chi connectivity index (χ0) is 14.8. The fourth-order valence-corrected chi connectivity index (χ4v) is 2.21. The maximum atomic E-state index is 13.0. The summed E-state index contributed by atoms with van der Waals surface area (Å²) in [5.74, 6) is -1.46. The van der Waals surface area contributed by atoms with Crippen LogP contribution in [0.25, 0.3) is 0 Å². The lowest BCUT2D eigenvalue weighted by Crippen LogP contribution is -2.45. The number of rotatable bonds is 5. The molecular formula is C14H16FN3O2. The molecule has 1 aromatic carbocycles. The molecule has 20 heavy (non-hydrogen) atoms. The highest BCUT2D eigenvalue weighted by Gasteiger charge is 2.40. The van der Waals surface area contributed by atoms with Gasteiger partial charge in [0.15, 0.2) is 0 Å². The van der Waals surface area contributed by atoms with E-state index in [0.717, 1.165) is 0 Å². The van der Waals surface area contributed by atoms with E-state index >= 15 is 0 Å². The second-order valence-corrected chi connectivity index (χ2v) is 4.76. The predicted molar refractivity (Wildman–Crippen MR) is 71.7 cm³/mol. The SMILES string of the molecule is Cn1ccc(CC(CN)(C(=O)O)c2ccc(F)cc2)n1. The van der Waals surface area contributed by atoms with Crippen molar-refractivity contribution >= 4 is 5.97 Å². The van der Waals surface area contributed by atoms with Crippen LogP contribution in [0, 0.1) is 5.82 Å². The number of hydrogen-bond donors (Lipinski definition) is 2. The molecule has 1 heterocycles. The Kier molecular flexibility index (Phi) is 3.85. The molecule has 0 saturated heterocycles. The van der Waals surface area contributed by atoms with E-state index in [1.165, 1.54) is 24.3 Å². The zero-order valence-corrected chi connectivity index (χ0v) is 11.1. The van der Waals surface area contributed by atoms with Crippen molar-refractivity contribution < 1.29 is 14.3 Å². The lowest BCUT2D eigenvalue weighted by molar-refractivity contribution is -0.143. The molecule has 0 bridgehead atoms. The first kappa shape index (κ1) is 14.2. The third-order valence-electron chi connectivity index (χ3n) is 3.41. The minimum Gasteiger partial charge on any atom is -0.481 e. The van der Waals surface area contributed by atoms with Crippen LogP contribution in [0.4, 0.5) is 4.39 Å². The molecule has 1 unspecified atom stereocenters. The van der Waals surface area contributed by atoms with Crippen LogP contribution in [0.15, 0.2) is 36.5 Å². The quantitative estimate of drug-likeness (QED) is 0.857. The van der Waals surface area contributed by atoms with E-state index in [1.807, 2.05) is 0 Å². The van der Waals surface area contributed by atoms with Gasteiger partial charge < -0.3 is 10.8 Å². The average Bonchev–Trinajstić information content (AvgIpc) is 2.82. The van der Waals surface area contributed by atoms with E-state index in [4.69, 9.17) is 5.73 Å². The first-order valence-electron chi connectivity index (χ1n) is 6.16. The Balaban J connectivity index is 2.44. The summed E-state index contributed by atoms with van der Waals surface area (Å²) >= 11 is 0. The molecule has 0 radical (unpaired) electrons. The molecule has 0 amide bonds. The molecule has 2 aromatic rings. The number of benzene rings is 1. The number of aryl methyl sites for hydroxylation is 1. The number of carbonyl (C=O) groups is 1. The Bertz CT molecular complexity index is 609. The molecule has 0 spiro atoms. The van der Waals surface area contributed by atoms with Crippen molar-refractivity contribution in [3.8, 4) is 0 Å². The number of halogens is 1. The van der Waals surface area contributed by atoms with Crippen LogP contribution < -0.4 is 5.73 Å². The topological polar surface area (TPSA) is 81.1 Å². The maximum Gasteiger partial charge on any atom is 0.315 e. The molecule has 106 valence electrons. The van der Waals surface area contributed by atoms with Crippen LogP contribution in [0.5, 0.6) is 0 Å². The van der Waals surface area contributed by atoms with Gasteiger partial charge in [-0.05, 0) is 23.8 Å². The van der Waals surface area contributed by atoms with E-state index in [0.29, 0.717) is 11.3 Å². The molecule has 2 rings (SSSR count). The van der Waals surface area contributed by atoms with Gasteiger partial charge in [-0.3, -0.25) is 9.48 Å². The molecule has 6 heteroatoms. The molecule has 5 nitrogen and oxygen atoms in total.